The van der Waals surface area contributed by atoms with Crippen LogP contribution in [0.5, 0.6) is 0 Å². The van der Waals surface area contributed by atoms with Crippen LogP contribution < -0.4 is 5.32 Å². The molecule has 22 heavy (non-hydrogen) atoms. The lowest BCUT2D eigenvalue weighted by atomic mass is 9.81. The number of piperidine rings is 1. The van der Waals surface area contributed by atoms with Gasteiger partial charge in [-0.1, -0.05) is 6.92 Å². The first-order chi connectivity index (χ1) is 10.5. The smallest absolute Gasteiger partial charge is 0.253 e. The van der Waals surface area contributed by atoms with Gasteiger partial charge in [0, 0.05) is 6.42 Å². The van der Waals surface area contributed by atoms with Crippen molar-refractivity contribution in [2.45, 2.75) is 56.8 Å². The molecule has 0 aliphatic carbocycles. The number of fused-ring (bicyclic) bond motifs is 5. The van der Waals surface area contributed by atoms with Crippen LogP contribution in [0.15, 0.2) is 0 Å². The molecule has 4 fully saturated rings. The molecule has 4 saturated heterocycles. The maximum absolute atomic E-state index is 12.8. The molecule has 0 aromatic heterocycles. The van der Waals surface area contributed by atoms with Gasteiger partial charge in [-0.2, -0.15) is 0 Å². The molecule has 0 aromatic rings. The van der Waals surface area contributed by atoms with Gasteiger partial charge in [0.15, 0.2) is 0 Å². The molecule has 2 bridgehead atoms. The minimum absolute atomic E-state index is 0.148. The first kappa shape index (κ1) is 13.9. The van der Waals surface area contributed by atoms with Crippen LogP contribution >= 0.6 is 0 Å². The fourth-order valence-electron chi connectivity index (χ4n) is 4.58. The van der Waals surface area contributed by atoms with Crippen LogP contribution in [-0.2, 0) is 23.9 Å². The van der Waals surface area contributed by atoms with Crippen molar-refractivity contribution in [3.8, 4) is 0 Å². The summed E-state index contributed by atoms with van der Waals surface area (Å²) in [7, 11) is 0. The van der Waals surface area contributed by atoms with Crippen LogP contribution in [0.4, 0.5) is 0 Å². The summed E-state index contributed by atoms with van der Waals surface area (Å²) < 4.78 is 5.70. The van der Waals surface area contributed by atoms with Crippen LogP contribution in [0.2, 0.25) is 0 Å². The number of nitrogens with zero attached hydrogens (tertiary/aromatic N) is 1. The number of hydrogen-bond donors (Lipinski definition) is 1. The Morgan fingerprint density at radius 2 is 1.73 bits per heavy atom. The molecule has 7 heteroatoms. The number of likely N-dealkylation sites (tertiary alicyclic amines) is 1. The number of imide groups is 2. The van der Waals surface area contributed by atoms with Crippen molar-refractivity contribution < 1.29 is 23.9 Å². The summed E-state index contributed by atoms with van der Waals surface area (Å²) in [4.78, 5) is 50.7. The normalized spacial score (nSPS) is 43.8. The molecule has 5 atom stereocenters. The average molecular weight is 306 g/mol. The van der Waals surface area contributed by atoms with Crippen molar-refractivity contribution in [2.75, 3.05) is 0 Å². The Balaban J connectivity index is 1.73. The standard InChI is InChI=1S/C15H18N2O5/c1-2-15(6-5-9(18)16-14(15)21)17-12(19)10-7-3-4-8(22-7)11(10)13(17)20/h7-8,10-11H,2-6H2,1H3,(H,16,18,21)/t7-,8+,10-,11+,15?. The Bertz CT molecular complexity index is 575. The van der Waals surface area contributed by atoms with Gasteiger partial charge >= 0.3 is 0 Å². The lowest BCUT2D eigenvalue weighted by Crippen LogP contribution is -2.64. The number of hydrogen-bond acceptors (Lipinski definition) is 5. The van der Waals surface area contributed by atoms with Crippen molar-refractivity contribution in [3.63, 3.8) is 0 Å². The van der Waals surface area contributed by atoms with E-state index < -0.39 is 23.3 Å². The van der Waals surface area contributed by atoms with E-state index in [1.807, 2.05) is 0 Å². The van der Waals surface area contributed by atoms with E-state index >= 15 is 0 Å². The van der Waals surface area contributed by atoms with Crippen LogP contribution in [0.3, 0.4) is 0 Å². The van der Waals surface area contributed by atoms with Gasteiger partial charge in [0.25, 0.3) is 5.91 Å². The minimum Gasteiger partial charge on any atom is -0.373 e. The van der Waals surface area contributed by atoms with E-state index in [9.17, 15) is 19.2 Å². The Morgan fingerprint density at radius 1 is 1.14 bits per heavy atom. The number of amides is 4. The van der Waals surface area contributed by atoms with E-state index in [1.165, 1.54) is 0 Å². The predicted octanol–water partition coefficient (Wildman–Crippen LogP) is -0.266. The van der Waals surface area contributed by atoms with Gasteiger partial charge in [-0.3, -0.25) is 29.4 Å². The summed E-state index contributed by atoms with van der Waals surface area (Å²) in [5.41, 5.74) is -1.22. The summed E-state index contributed by atoms with van der Waals surface area (Å²) in [5, 5.41) is 2.29. The van der Waals surface area contributed by atoms with Gasteiger partial charge in [0.05, 0.1) is 24.0 Å². The molecule has 4 amide bonds. The first-order valence-electron chi connectivity index (χ1n) is 7.87. The Kier molecular flexibility index (Phi) is 2.76. The molecular weight excluding hydrogens is 288 g/mol. The quantitative estimate of drug-likeness (QED) is 0.709. The topological polar surface area (TPSA) is 92.8 Å². The lowest BCUT2D eigenvalue weighted by molar-refractivity contribution is -0.161. The van der Waals surface area contributed by atoms with Gasteiger partial charge in [0.1, 0.15) is 5.54 Å². The molecular formula is C15H18N2O5. The molecule has 7 nitrogen and oxygen atoms in total. The largest absolute Gasteiger partial charge is 0.373 e. The number of carbonyl (C=O) groups is 4. The van der Waals surface area contributed by atoms with Crippen LogP contribution in [0.1, 0.15) is 39.0 Å². The molecule has 1 unspecified atom stereocenters. The number of nitrogens with one attached hydrogen (secondary N) is 1. The number of ether oxygens (including phenoxy) is 1. The molecule has 4 aliphatic rings. The maximum Gasteiger partial charge on any atom is 0.253 e. The van der Waals surface area contributed by atoms with E-state index in [0.29, 0.717) is 6.42 Å². The molecule has 0 spiro atoms. The molecule has 118 valence electrons. The highest BCUT2D eigenvalue weighted by Crippen LogP contribution is 2.51. The highest BCUT2D eigenvalue weighted by atomic mass is 16.5. The van der Waals surface area contributed by atoms with Crippen molar-refractivity contribution in [1.29, 1.82) is 0 Å². The molecule has 0 saturated carbocycles. The molecule has 4 rings (SSSR count). The Hall–Kier alpha value is -1.76. The van der Waals surface area contributed by atoms with E-state index in [2.05, 4.69) is 5.32 Å². The van der Waals surface area contributed by atoms with Crippen molar-refractivity contribution in [3.05, 3.63) is 0 Å². The second-order valence-electron chi connectivity index (χ2n) is 6.62. The van der Waals surface area contributed by atoms with Crippen LogP contribution in [0, 0.1) is 11.8 Å². The molecule has 0 aromatic carbocycles. The van der Waals surface area contributed by atoms with Gasteiger partial charge in [-0.05, 0) is 25.7 Å². The predicted molar refractivity (Wildman–Crippen MR) is 72.1 cm³/mol. The molecule has 1 N–H and O–H groups in total. The van der Waals surface area contributed by atoms with Gasteiger partial charge in [0.2, 0.25) is 17.7 Å². The van der Waals surface area contributed by atoms with E-state index in [1.54, 1.807) is 6.92 Å². The average Bonchev–Trinajstić information content (AvgIpc) is 3.15. The maximum atomic E-state index is 12.8. The monoisotopic (exact) mass is 306 g/mol. The van der Waals surface area contributed by atoms with E-state index in [0.717, 1.165) is 17.7 Å². The van der Waals surface area contributed by atoms with Crippen molar-refractivity contribution >= 4 is 23.6 Å². The third-order valence-electron chi connectivity index (χ3n) is 5.74. The fourth-order valence-corrected chi connectivity index (χ4v) is 4.58. The summed E-state index contributed by atoms with van der Waals surface area (Å²) in [5.74, 6) is -2.36. The summed E-state index contributed by atoms with van der Waals surface area (Å²) >= 11 is 0. The first-order valence-corrected chi connectivity index (χ1v) is 7.87. The summed E-state index contributed by atoms with van der Waals surface area (Å²) in [6.45, 7) is 1.77. The zero-order valence-electron chi connectivity index (χ0n) is 12.3. The minimum atomic E-state index is -1.22. The third kappa shape index (κ3) is 1.49. The van der Waals surface area contributed by atoms with Crippen molar-refractivity contribution in [2.24, 2.45) is 11.8 Å². The van der Waals surface area contributed by atoms with Gasteiger partial charge in [-0.15, -0.1) is 0 Å². The Labute approximate surface area is 127 Å². The highest BCUT2D eigenvalue weighted by Gasteiger charge is 2.66. The Morgan fingerprint density at radius 3 is 2.23 bits per heavy atom. The van der Waals surface area contributed by atoms with Crippen LogP contribution in [-0.4, -0.2) is 46.3 Å². The lowest BCUT2D eigenvalue weighted by Gasteiger charge is -2.41. The highest BCUT2D eigenvalue weighted by molar-refractivity contribution is 6.13. The van der Waals surface area contributed by atoms with Gasteiger partial charge in [-0.25, -0.2) is 0 Å². The number of rotatable bonds is 2. The van der Waals surface area contributed by atoms with E-state index in [-0.39, 0.29) is 42.8 Å². The SMILES string of the molecule is CCC1(N2C(=O)[C@@H]3[C@H](C2=O)[C@H]2CC[C@@H]3O2)CCC(=O)NC1=O. The zero-order valence-corrected chi connectivity index (χ0v) is 12.3. The molecule has 4 heterocycles. The molecule has 4 aliphatic heterocycles. The second-order valence-corrected chi connectivity index (χ2v) is 6.62. The zero-order chi connectivity index (χ0) is 15.6. The third-order valence-corrected chi connectivity index (χ3v) is 5.74. The molecule has 0 radical (unpaired) electrons. The van der Waals surface area contributed by atoms with Gasteiger partial charge < -0.3 is 4.74 Å². The van der Waals surface area contributed by atoms with Crippen molar-refractivity contribution in [1.82, 2.24) is 10.2 Å². The number of carbonyl (C=O) groups excluding carboxylic acids is 4. The second kappa shape index (κ2) is 4.38. The summed E-state index contributed by atoms with van der Waals surface area (Å²) in [6.07, 6.45) is 1.87. The summed E-state index contributed by atoms with van der Waals surface area (Å²) in [6, 6.07) is 0. The van der Waals surface area contributed by atoms with Crippen LogP contribution in [0.25, 0.3) is 0 Å². The van der Waals surface area contributed by atoms with E-state index in [4.69, 9.17) is 4.74 Å². The fraction of sp³-hybridized carbons (Fsp3) is 0.733.